The summed E-state index contributed by atoms with van der Waals surface area (Å²) in [6.45, 7) is 1.75. The lowest BCUT2D eigenvalue weighted by atomic mass is 10.0. The molecule has 0 aliphatic rings. The van der Waals surface area contributed by atoms with E-state index in [9.17, 15) is 9.59 Å². The highest BCUT2D eigenvalue weighted by atomic mass is 16.5. The van der Waals surface area contributed by atoms with E-state index in [-0.39, 0.29) is 24.4 Å². The van der Waals surface area contributed by atoms with E-state index in [0.717, 1.165) is 5.56 Å². The van der Waals surface area contributed by atoms with Crippen molar-refractivity contribution in [2.45, 2.75) is 26.2 Å². The second-order valence-corrected chi connectivity index (χ2v) is 4.01. The number of ether oxygens (including phenoxy) is 2. The molecule has 1 aromatic carbocycles. The first-order valence-electron chi connectivity index (χ1n) is 5.84. The summed E-state index contributed by atoms with van der Waals surface area (Å²) in [4.78, 5) is 22.9. The minimum Gasteiger partial charge on any atom is -0.497 e. The standard InChI is InChI=1S/C14H18O4/c1-4-11(15)8-12(16)5-10-6-13(17-2)9-14(7-10)18-3/h6-7,9H,4-5,8H2,1-3H3. The number of carbonyl (C=O) groups excluding carboxylic acids is 2. The molecule has 0 unspecified atom stereocenters. The first kappa shape index (κ1) is 14.2. The van der Waals surface area contributed by atoms with E-state index in [4.69, 9.17) is 9.47 Å². The maximum atomic E-state index is 11.7. The van der Waals surface area contributed by atoms with Crippen LogP contribution in [-0.2, 0) is 16.0 Å². The highest BCUT2D eigenvalue weighted by Gasteiger charge is 2.10. The lowest BCUT2D eigenvalue weighted by Crippen LogP contribution is -2.09. The van der Waals surface area contributed by atoms with Crippen LogP contribution in [0.4, 0.5) is 0 Å². The maximum absolute atomic E-state index is 11.7. The maximum Gasteiger partial charge on any atom is 0.144 e. The first-order valence-corrected chi connectivity index (χ1v) is 5.84. The van der Waals surface area contributed by atoms with Gasteiger partial charge >= 0.3 is 0 Å². The van der Waals surface area contributed by atoms with Crippen LogP contribution in [0.25, 0.3) is 0 Å². The molecule has 1 aromatic rings. The second kappa shape index (κ2) is 6.79. The van der Waals surface area contributed by atoms with Crippen LogP contribution >= 0.6 is 0 Å². The molecule has 0 aliphatic heterocycles. The number of methoxy groups -OCH3 is 2. The van der Waals surface area contributed by atoms with Crippen molar-refractivity contribution in [3.63, 3.8) is 0 Å². The number of benzene rings is 1. The van der Waals surface area contributed by atoms with Gasteiger partial charge in [0.25, 0.3) is 0 Å². The number of hydrogen-bond donors (Lipinski definition) is 0. The van der Waals surface area contributed by atoms with Gasteiger partial charge in [0, 0.05) is 18.9 Å². The summed E-state index contributed by atoms with van der Waals surface area (Å²) in [5, 5.41) is 0. The predicted octanol–water partition coefficient (Wildman–Crippen LogP) is 2.18. The molecule has 0 atom stereocenters. The molecule has 4 heteroatoms. The molecule has 4 nitrogen and oxygen atoms in total. The summed E-state index contributed by atoms with van der Waals surface area (Å²) in [7, 11) is 3.11. The van der Waals surface area contributed by atoms with E-state index in [0.29, 0.717) is 17.9 Å². The zero-order valence-corrected chi connectivity index (χ0v) is 11.0. The van der Waals surface area contributed by atoms with E-state index < -0.39 is 0 Å². The van der Waals surface area contributed by atoms with Gasteiger partial charge in [-0.2, -0.15) is 0 Å². The lowest BCUT2D eigenvalue weighted by molar-refractivity contribution is -0.126. The third-order valence-electron chi connectivity index (χ3n) is 2.60. The van der Waals surface area contributed by atoms with Crippen molar-refractivity contribution in [2.75, 3.05) is 14.2 Å². The van der Waals surface area contributed by atoms with Crippen molar-refractivity contribution in [1.29, 1.82) is 0 Å². The Morgan fingerprint density at radius 2 is 1.56 bits per heavy atom. The van der Waals surface area contributed by atoms with Gasteiger partial charge in [-0.15, -0.1) is 0 Å². The smallest absolute Gasteiger partial charge is 0.144 e. The summed E-state index contributed by atoms with van der Waals surface area (Å²) in [6.07, 6.45) is 0.614. The van der Waals surface area contributed by atoms with E-state index in [1.807, 2.05) is 0 Å². The Balaban J connectivity index is 2.77. The molecule has 0 fully saturated rings. The summed E-state index contributed by atoms with van der Waals surface area (Å²) in [6, 6.07) is 5.29. The minimum atomic E-state index is -0.0860. The number of Topliss-reactive ketones (excluding diaryl/α,β-unsaturated/α-hetero) is 2. The Bertz CT molecular complexity index is 415. The van der Waals surface area contributed by atoms with Crippen molar-refractivity contribution in [1.82, 2.24) is 0 Å². The summed E-state index contributed by atoms with van der Waals surface area (Å²) < 4.78 is 10.2. The molecule has 0 saturated carbocycles. The van der Waals surface area contributed by atoms with Crippen molar-refractivity contribution < 1.29 is 19.1 Å². The third kappa shape index (κ3) is 4.20. The Morgan fingerprint density at radius 1 is 1.00 bits per heavy atom. The van der Waals surface area contributed by atoms with E-state index in [1.165, 1.54) is 0 Å². The van der Waals surface area contributed by atoms with Gasteiger partial charge in [-0.05, 0) is 17.7 Å². The van der Waals surface area contributed by atoms with Gasteiger partial charge in [-0.1, -0.05) is 6.92 Å². The fourth-order valence-electron chi connectivity index (χ4n) is 1.60. The number of hydrogen-bond acceptors (Lipinski definition) is 4. The fourth-order valence-corrected chi connectivity index (χ4v) is 1.60. The van der Waals surface area contributed by atoms with E-state index in [1.54, 1.807) is 39.3 Å². The molecule has 0 aromatic heterocycles. The molecular weight excluding hydrogens is 232 g/mol. The second-order valence-electron chi connectivity index (χ2n) is 4.01. The van der Waals surface area contributed by atoms with Crippen LogP contribution < -0.4 is 9.47 Å². The van der Waals surface area contributed by atoms with Crippen molar-refractivity contribution in [3.05, 3.63) is 23.8 Å². The van der Waals surface area contributed by atoms with E-state index >= 15 is 0 Å². The largest absolute Gasteiger partial charge is 0.497 e. The summed E-state index contributed by atoms with van der Waals surface area (Å²) >= 11 is 0. The molecule has 0 amide bonds. The van der Waals surface area contributed by atoms with Crippen LogP contribution in [0.1, 0.15) is 25.3 Å². The van der Waals surface area contributed by atoms with Gasteiger partial charge in [0.1, 0.15) is 23.1 Å². The average molecular weight is 250 g/mol. The molecule has 0 saturated heterocycles. The highest BCUT2D eigenvalue weighted by molar-refractivity contribution is 5.99. The Kier molecular flexibility index (Phi) is 5.36. The Morgan fingerprint density at radius 3 is 2.00 bits per heavy atom. The molecule has 0 heterocycles. The molecule has 18 heavy (non-hydrogen) atoms. The molecule has 0 bridgehead atoms. The van der Waals surface area contributed by atoms with Crippen LogP contribution in [0.2, 0.25) is 0 Å². The average Bonchev–Trinajstić information content (AvgIpc) is 2.37. The summed E-state index contributed by atoms with van der Waals surface area (Å²) in [5.41, 5.74) is 0.792. The molecule has 0 radical (unpaired) electrons. The fraction of sp³-hybridized carbons (Fsp3) is 0.429. The molecule has 98 valence electrons. The van der Waals surface area contributed by atoms with Crippen molar-refractivity contribution in [3.8, 4) is 11.5 Å². The lowest BCUT2D eigenvalue weighted by Gasteiger charge is -2.07. The minimum absolute atomic E-state index is 0.00394. The third-order valence-corrected chi connectivity index (χ3v) is 2.60. The van der Waals surface area contributed by atoms with E-state index in [2.05, 4.69) is 0 Å². The van der Waals surface area contributed by atoms with Gasteiger partial charge in [-0.3, -0.25) is 9.59 Å². The molecule has 0 spiro atoms. The topological polar surface area (TPSA) is 52.6 Å². The zero-order valence-electron chi connectivity index (χ0n) is 11.0. The normalized spacial score (nSPS) is 9.94. The Hall–Kier alpha value is -1.84. The van der Waals surface area contributed by atoms with Gasteiger partial charge < -0.3 is 9.47 Å². The first-order chi connectivity index (χ1) is 8.58. The molecule has 1 rings (SSSR count). The van der Waals surface area contributed by atoms with Crippen LogP contribution in [0, 0.1) is 0 Å². The molecule has 0 aliphatic carbocycles. The number of rotatable bonds is 7. The monoisotopic (exact) mass is 250 g/mol. The van der Waals surface area contributed by atoms with Crippen LogP contribution in [0.5, 0.6) is 11.5 Å². The predicted molar refractivity (Wildman–Crippen MR) is 68.2 cm³/mol. The van der Waals surface area contributed by atoms with Crippen LogP contribution in [0.15, 0.2) is 18.2 Å². The number of carbonyl (C=O) groups is 2. The molecular formula is C14H18O4. The molecule has 0 N–H and O–H groups in total. The number of ketones is 2. The van der Waals surface area contributed by atoms with Gasteiger partial charge in [-0.25, -0.2) is 0 Å². The highest BCUT2D eigenvalue weighted by Crippen LogP contribution is 2.23. The van der Waals surface area contributed by atoms with Crippen molar-refractivity contribution in [2.24, 2.45) is 0 Å². The van der Waals surface area contributed by atoms with Gasteiger partial charge in [0.15, 0.2) is 0 Å². The van der Waals surface area contributed by atoms with Gasteiger partial charge in [0.2, 0.25) is 0 Å². The Labute approximate surface area is 107 Å². The zero-order chi connectivity index (χ0) is 13.5. The summed E-state index contributed by atoms with van der Waals surface area (Å²) in [5.74, 6) is 1.16. The van der Waals surface area contributed by atoms with Crippen LogP contribution in [-0.4, -0.2) is 25.8 Å². The van der Waals surface area contributed by atoms with Gasteiger partial charge in [0.05, 0.1) is 20.6 Å². The SMILES string of the molecule is CCC(=O)CC(=O)Cc1cc(OC)cc(OC)c1. The van der Waals surface area contributed by atoms with Crippen molar-refractivity contribution >= 4 is 11.6 Å². The quantitative estimate of drug-likeness (QED) is 0.696. The van der Waals surface area contributed by atoms with Crippen LogP contribution in [0.3, 0.4) is 0 Å².